The van der Waals surface area contributed by atoms with Crippen molar-refractivity contribution in [2.45, 2.75) is 23.5 Å². The van der Waals surface area contributed by atoms with Gasteiger partial charge >= 0.3 is 5.97 Å². The second-order valence-corrected chi connectivity index (χ2v) is 10.4. The summed E-state index contributed by atoms with van der Waals surface area (Å²) in [6.45, 7) is 1.82. The van der Waals surface area contributed by atoms with Crippen molar-refractivity contribution in [3.63, 3.8) is 0 Å². The van der Waals surface area contributed by atoms with Gasteiger partial charge in [0.05, 0.1) is 41.4 Å². The van der Waals surface area contributed by atoms with E-state index in [2.05, 4.69) is 10.6 Å². The van der Waals surface area contributed by atoms with Gasteiger partial charge in [0.25, 0.3) is 11.6 Å². The third-order valence-electron chi connectivity index (χ3n) is 5.09. The maximum Gasteiger partial charge on any atom is 0.338 e. The summed E-state index contributed by atoms with van der Waals surface area (Å²) in [4.78, 5) is 48.5. The second-order valence-electron chi connectivity index (χ2n) is 7.60. The third kappa shape index (κ3) is 6.69. The number of benzene rings is 3. The molecule has 0 radical (unpaired) electrons. The van der Waals surface area contributed by atoms with Crippen LogP contribution >= 0.6 is 58.2 Å². The molecule has 0 spiro atoms. The fourth-order valence-corrected chi connectivity index (χ4v) is 5.29. The highest BCUT2D eigenvalue weighted by Crippen LogP contribution is 2.42. The minimum atomic E-state index is -1.52. The highest BCUT2D eigenvalue weighted by Gasteiger charge is 2.29. The first-order valence-electron chi connectivity index (χ1n) is 10.7. The molecule has 38 heavy (non-hydrogen) atoms. The summed E-state index contributed by atoms with van der Waals surface area (Å²) in [7, 11) is 0. The fraction of sp³-hybridized carbons (Fsp3) is 0.125. The molecule has 3 rings (SSSR count). The van der Waals surface area contributed by atoms with Gasteiger partial charge in [-0.15, -0.1) is 11.8 Å². The Kier molecular flexibility index (Phi) is 9.86. The van der Waals surface area contributed by atoms with Crippen LogP contribution in [0.15, 0.2) is 53.4 Å². The maximum atomic E-state index is 13.0. The normalized spacial score (nSPS) is 11.5. The average Bonchev–Trinajstić information content (AvgIpc) is 2.88. The van der Waals surface area contributed by atoms with E-state index in [1.165, 1.54) is 36.0 Å². The molecule has 3 aromatic carbocycles. The van der Waals surface area contributed by atoms with E-state index in [0.717, 1.165) is 0 Å². The minimum absolute atomic E-state index is 0.0943. The Labute approximate surface area is 240 Å². The largest absolute Gasteiger partial charge is 0.478 e. The molecule has 9 nitrogen and oxygen atoms in total. The summed E-state index contributed by atoms with van der Waals surface area (Å²) in [5.74, 6) is -2.71. The first kappa shape index (κ1) is 29.5. The molecule has 0 aliphatic carbocycles. The highest BCUT2D eigenvalue weighted by molar-refractivity contribution is 8.00. The number of rotatable bonds is 9. The average molecular weight is 617 g/mol. The molecule has 0 fully saturated rings. The van der Waals surface area contributed by atoms with Gasteiger partial charge in [-0.1, -0.05) is 59.4 Å². The SMILES string of the molecule is CCC(Sc1cccc(NC(=O)c2c(Cl)c(Cl)c(Cl)c(Cl)c2C(=O)O)c1)C(=O)Nc1ccc([N+](=O)[O-])cc1. The van der Waals surface area contributed by atoms with Crippen LogP contribution in [0.25, 0.3) is 0 Å². The van der Waals surface area contributed by atoms with Crippen molar-refractivity contribution in [1.29, 1.82) is 0 Å². The number of halogens is 4. The van der Waals surface area contributed by atoms with Gasteiger partial charge in [0, 0.05) is 28.4 Å². The number of amides is 2. The zero-order valence-electron chi connectivity index (χ0n) is 19.3. The number of nitro benzene ring substituents is 1. The standard InChI is InChI=1S/C24H17Cl4N3O6S/c1-2-15(22(32)29-11-6-8-13(9-7-11)31(36)37)38-14-5-3-4-12(10-14)30-23(33)16-17(24(34)35)19(26)21(28)20(27)18(16)25/h3-10,15H,2H2,1H3,(H,29,32)(H,30,33)(H,34,35). The molecule has 0 saturated carbocycles. The first-order chi connectivity index (χ1) is 17.9. The molecule has 3 aromatic rings. The number of nitrogens with zero attached hydrogens (tertiary/aromatic N) is 1. The molecular weight excluding hydrogens is 600 g/mol. The Bertz CT molecular complexity index is 1440. The molecule has 0 aliphatic rings. The van der Waals surface area contributed by atoms with Crippen molar-refractivity contribution in [3.8, 4) is 0 Å². The van der Waals surface area contributed by atoms with Crippen molar-refractivity contribution in [2.75, 3.05) is 10.6 Å². The topological polar surface area (TPSA) is 139 Å². The molecule has 0 heterocycles. The Morgan fingerprint density at radius 2 is 1.53 bits per heavy atom. The number of carboxylic acid groups (broad SMARTS) is 1. The lowest BCUT2D eigenvalue weighted by Crippen LogP contribution is -2.24. The first-order valence-corrected chi connectivity index (χ1v) is 13.1. The molecule has 14 heteroatoms. The summed E-state index contributed by atoms with van der Waals surface area (Å²) in [5.41, 5.74) is -0.441. The Morgan fingerprint density at radius 3 is 2.08 bits per heavy atom. The van der Waals surface area contributed by atoms with Gasteiger partial charge in [0.2, 0.25) is 5.91 Å². The van der Waals surface area contributed by atoms with Crippen LogP contribution in [0.3, 0.4) is 0 Å². The van der Waals surface area contributed by atoms with Crippen molar-refractivity contribution >= 4 is 93.0 Å². The molecule has 1 unspecified atom stereocenters. The van der Waals surface area contributed by atoms with Gasteiger partial charge in [-0.3, -0.25) is 19.7 Å². The molecule has 0 aromatic heterocycles. The lowest BCUT2D eigenvalue weighted by Gasteiger charge is -2.16. The quantitative estimate of drug-likeness (QED) is 0.0737. The Morgan fingerprint density at radius 1 is 0.921 bits per heavy atom. The molecule has 0 aliphatic heterocycles. The van der Waals surface area contributed by atoms with Gasteiger partial charge < -0.3 is 15.7 Å². The van der Waals surface area contributed by atoms with E-state index in [0.29, 0.717) is 22.7 Å². The number of hydrogen-bond donors (Lipinski definition) is 3. The molecule has 1 atom stereocenters. The van der Waals surface area contributed by atoms with Crippen molar-refractivity contribution in [1.82, 2.24) is 0 Å². The number of thioether (sulfide) groups is 1. The number of carbonyl (C=O) groups is 3. The molecule has 0 saturated heterocycles. The highest BCUT2D eigenvalue weighted by atomic mass is 35.5. The second kappa shape index (κ2) is 12.7. The van der Waals surface area contributed by atoms with Crippen LogP contribution in [0.1, 0.15) is 34.1 Å². The Balaban J connectivity index is 1.78. The number of nitrogens with one attached hydrogen (secondary N) is 2. The van der Waals surface area contributed by atoms with E-state index < -0.39 is 38.2 Å². The van der Waals surface area contributed by atoms with Gasteiger partial charge in [0.1, 0.15) is 0 Å². The molecule has 2 amide bonds. The lowest BCUT2D eigenvalue weighted by atomic mass is 10.1. The lowest BCUT2D eigenvalue weighted by molar-refractivity contribution is -0.384. The van der Waals surface area contributed by atoms with Crippen molar-refractivity contribution in [3.05, 3.63) is 89.9 Å². The van der Waals surface area contributed by atoms with E-state index in [1.54, 1.807) is 24.3 Å². The number of aromatic carboxylic acids is 1. The number of anilines is 2. The van der Waals surface area contributed by atoms with E-state index in [-0.39, 0.29) is 26.7 Å². The molecule has 3 N–H and O–H groups in total. The number of hydrogen-bond acceptors (Lipinski definition) is 6. The molecular formula is C24H17Cl4N3O6S. The van der Waals surface area contributed by atoms with Gasteiger partial charge in [-0.05, 0) is 36.8 Å². The third-order valence-corrected chi connectivity index (χ3v) is 8.25. The predicted octanol–water partition coefficient (Wildman–Crippen LogP) is 7.67. The summed E-state index contributed by atoms with van der Waals surface area (Å²) < 4.78 is 0. The van der Waals surface area contributed by atoms with Gasteiger partial charge in [-0.2, -0.15) is 0 Å². The van der Waals surface area contributed by atoms with E-state index in [4.69, 9.17) is 46.4 Å². The van der Waals surface area contributed by atoms with Crippen molar-refractivity contribution < 1.29 is 24.4 Å². The van der Waals surface area contributed by atoms with E-state index in [1.807, 2.05) is 6.92 Å². The number of carbonyl (C=O) groups excluding carboxylic acids is 2. The zero-order chi connectivity index (χ0) is 28.1. The monoisotopic (exact) mass is 615 g/mol. The van der Waals surface area contributed by atoms with Crippen LogP contribution in [0.2, 0.25) is 20.1 Å². The summed E-state index contributed by atoms with van der Waals surface area (Å²) >= 11 is 25.4. The smallest absolute Gasteiger partial charge is 0.338 e. The molecule has 0 bridgehead atoms. The van der Waals surface area contributed by atoms with Crippen LogP contribution < -0.4 is 10.6 Å². The van der Waals surface area contributed by atoms with Crippen LogP contribution in [0.4, 0.5) is 17.1 Å². The van der Waals surface area contributed by atoms with E-state index >= 15 is 0 Å². The maximum absolute atomic E-state index is 13.0. The van der Waals surface area contributed by atoms with Crippen LogP contribution in [0, 0.1) is 10.1 Å². The number of nitro groups is 1. The summed E-state index contributed by atoms with van der Waals surface area (Å²) in [5, 5.41) is 23.8. The minimum Gasteiger partial charge on any atom is -0.478 e. The summed E-state index contributed by atoms with van der Waals surface area (Å²) in [6.07, 6.45) is 0.458. The predicted molar refractivity (Wildman–Crippen MR) is 149 cm³/mol. The fourth-order valence-electron chi connectivity index (χ4n) is 3.26. The van der Waals surface area contributed by atoms with Crippen LogP contribution in [-0.4, -0.2) is 33.1 Å². The zero-order valence-corrected chi connectivity index (χ0v) is 23.1. The summed E-state index contributed by atoms with van der Waals surface area (Å²) in [6, 6.07) is 12.0. The number of carboxylic acids is 1. The Hall–Kier alpha value is -3.02. The van der Waals surface area contributed by atoms with Crippen LogP contribution in [-0.2, 0) is 4.79 Å². The van der Waals surface area contributed by atoms with E-state index in [9.17, 15) is 29.6 Å². The number of non-ortho nitro benzene ring substituents is 1. The van der Waals surface area contributed by atoms with Gasteiger partial charge in [0.15, 0.2) is 0 Å². The van der Waals surface area contributed by atoms with Crippen molar-refractivity contribution in [2.24, 2.45) is 0 Å². The molecule has 198 valence electrons. The van der Waals surface area contributed by atoms with Gasteiger partial charge in [-0.25, -0.2) is 4.79 Å². The van der Waals surface area contributed by atoms with Crippen LogP contribution in [0.5, 0.6) is 0 Å².